The van der Waals surface area contributed by atoms with Crippen molar-refractivity contribution in [3.05, 3.63) is 56.7 Å². The number of thiophene rings is 1. The lowest BCUT2D eigenvalue weighted by Crippen LogP contribution is -2.37. The van der Waals surface area contributed by atoms with Crippen molar-refractivity contribution >= 4 is 35.3 Å². The van der Waals surface area contributed by atoms with Crippen LogP contribution >= 0.6 is 35.3 Å². The third-order valence-electron chi connectivity index (χ3n) is 3.65. The maximum Gasteiger partial charge on any atom is 0.0451 e. The molecular weight excluding hydrogens is 297 g/mol. The molecular formula is C15H17Cl2NS. The monoisotopic (exact) mass is 313 g/mol. The van der Waals surface area contributed by atoms with E-state index in [1.165, 1.54) is 11.1 Å². The standard InChI is InChI=1S/C15H16ClNS.ClH/c1-11-8-15-13(6-7-18-15)10-17(11)9-12-4-2-3-5-14(12)16;/h2-7,11H,8-10H2,1H3;1H. The molecule has 1 aromatic carbocycles. The summed E-state index contributed by atoms with van der Waals surface area (Å²) in [4.78, 5) is 4.06. The molecule has 0 aliphatic carbocycles. The Hall–Kier alpha value is -0.540. The molecule has 0 radical (unpaired) electrons. The van der Waals surface area contributed by atoms with E-state index in [0.29, 0.717) is 6.04 Å². The quantitative estimate of drug-likeness (QED) is 0.772. The van der Waals surface area contributed by atoms with Gasteiger partial charge in [0, 0.05) is 29.0 Å². The molecule has 1 aliphatic rings. The van der Waals surface area contributed by atoms with Crippen molar-refractivity contribution in [2.24, 2.45) is 0 Å². The Morgan fingerprint density at radius 3 is 2.89 bits per heavy atom. The molecule has 0 amide bonds. The molecule has 19 heavy (non-hydrogen) atoms. The minimum Gasteiger partial charge on any atom is -0.292 e. The van der Waals surface area contributed by atoms with E-state index < -0.39 is 0 Å². The highest BCUT2D eigenvalue weighted by Gasteiger charge is 2.23. The summed E-state index contributed by atoms with van der Waals surface area (Å²) in [6.07, 6.45) is 1.16. The minimum atomic E-state index is 0. The van der Waals surface area contributed by atoms with E-state index in [1.54, 1.807) is 4.88 Å². The summed E-state index contributed by atoms with van der Waals surface area (Å²) >= 11 is 8.13. The van der Waals surface area contributed by atoms with Crippen molar-refractivity contribution in [2.75, 3.05) is 0 Å². The van der Waals surface area contributed by atoms with Crippen molar-refractivity contribution < 1.29 is 0 Å². The molecule has 102 valence electrons. The Morgan fingerprint density at radius 1 is 1.32 bits per heavy atom. The summed E-state index contributed by atoms with van der Waals surface area (Å²) in [6, 6.07) is 11.0. The smallest absolute Gasteiger partial charge is 0.0451 e. The summed E-state index contributed by atoms with van der Waals surface area (Å²) < 4.78 is 0. The van der Waals surface area contributed by atoms with Crippen LogP contribution in [0.25, 0.3) is 0 Å². The largest absolute Gasteiger partial charge is 0.292 e. The number of benzene rings is 1. The summed E-state index contributed by atoms with van der Waals surface area (Å²) in [7, 11) is 0. The molecule has 2 heterocycles. The molecule has 3 rings (SSSR count). The number of hydrogen-bond acceptors (Lipinski definition) is 2. The van der Waals surface area contributed by atoms with Gasteiger partial charge < -0.3 is 0 Å². The van der Waals surface area contributed by atoms with Crippen LogP contribution in [0, 0.1) is 0 Å². The van der Waals surface area contributed by atoms with Crippen LogP contribution in [-0.4, -0.2) is 10.9 Å². The zero-order valence-electron chi connectivity index (χ0n) is 10.8. The van der Waals surface area contributed by atoms with Crippen LogP contribution in [0.15, 0.2) is 35.7 Å². The maximum atomic E-state index is 6.25. The second-order valence-electron chi connectivity index (χ2n) is 4.92. The third-order valence-corrected chi connectivity index (χ3v) is 5.00. The van der Waals surface area contributed by atoms with Crippen molar-refractivity contribution in [3.63, 3.8) is 0 Å². The molecule has 1 aromatic heterocycles. The summed E-state index contributed by atoms with van der Waals surface area (Å²) in [5.74, 6) is 0. The first-order chi connectivity index (χ1) is 8.74. The second kappa shape index (κ2) is 6.27. The van der Waals surface area contributed by atoms with Gasteiger partial charge in [-0.3, -0.25) is 4.90 Å². The zero-order valence-corrected chi connectivity index (χ0v) is 13.2. The highest BCUT2D eigenvalue weighted by molar-refractivity contribution is 7.10. The Labute approximate surface area is 129 Å². The average molecular weight is 314 g/mol. The van der Waals surface area contributed by atoms with Crippen molar-refractivity contribution in [3.8, 4) is 0 Å². The van der Waals surface area contributed by atoms with Crippen LogP contribution < -0.4 is 0 Å². The predicted molar refractivity (Wildman–Crippen MR) is 85.4 cm³/mol. The Bertz CT molecular complexity index is 553. The number of fused-ring (bicyclic) bond motifs is 1. The molecule has 0 saturated carbocycles. The fraction of sp³-hybridized carbons (Fsp3) is 0.333. The molecule has 4 heteroatoms. The highest BCUT2D eigenvalue weighted by atomic mass is 35.5. The molecule has 0 N–H and O–H groups in total. The number of halogens is 2. The van der Waals surface area contributed by atoms with Crippen LogP contribution in [-0.2, 0) is 19.5 Å². The lowest BCUT2D eigenvalue weighted by molar-refractivity contribution is 0.177. The van der Waals surface area contributed by atoms with Gasteiger partial charge >= 0.3 is 0 Å². The van der Waals surface area contributed by atoms with Gasteiger partial charge in [0.25, 0.3) is 0 Å². The summed E-state index contributed by atoms with van der Waals surface area (Å²) in [5, 5.41) is 3.08. The maximum absolute atomic E-state index is 6.25. The van der Waals surface area contributed by atoms with Crippen LogP contribution in [0.4, 0.5) is 0 Å². The number of hydrogen-bond donors (Lipinski definition) is 0. The van der Waals surface area contributed by atoms with Gasteiger partial charge in [-0.05, 0) is 42.0 Å². The van der Waals surface area contributed by atoms with E-state index in [9.17, 15) is 0 Å². The van der Waals surface area contributed by atoms with E-state index in [2.05, 4.69) is 35.4 Å². The Kier molecular flexibility index (Phi) is 4.91. The van der Waals surface area contributed by atoms with Gasteiger partial charge in [0.05, 0.1) is 0 Å². The summed E-state index contributed by atoms with van der Waals surface area (Å²) in [6.45, 7) is 4.29. The molecule has 1 nitrogen and oxygen atoms in total. The fourth-order valence-electron chi connectivity index (χ4n) is 2.52. The zero-order chi connectivity index (χ0) is 12.5. The third kappa shape index (κ3) is 3.14. The molecule has 1 atom stereocenters. The Balaban J connectivity index is 0.00000133. The Morgan fingerprint density at radius 2 is 2.11 bits per heavy atom. The molecule has 2 aromatic rings. The van der Waals surface area contributed by atoms with Crippen LogP contribution in [0.2, 0.25) is 5.02 Å². The van der Waals surface area contributed by atoms with Gasteiger partial charge in [-0.1, -0.05) is 29.8 Å². The predicted octanol–water partition coefficient (Wildman–Crippen LogP) is 4.77. The van der Waals surface area contributed by atoms with E-state index in [1.807, 2.05) is 23.5 Å². The lowest BCUT2D eigenvalue weighted by atomic mass is 10.0. The van der Waals surface area contributed by atoms with E-state index >= 15 is 0 Å². The highest BCUT2D eigenvalue weighted by Crippen LogP contribution is 2.29. The van der Waals surface area contributed by atoms with Gasteiger partial charge in [0.2, 0.25) is 0 Å². The molecule has 1 aliphatic heterocycles. The van der Waals surface area contributed by atoms with Gasteiger partial charge in [0.15, 0.2) is 0 Å². The van der Waals surface area contributed by atoms with E-state index in [-0.39, 0.29) is 12.4 Å². The summed E-state index contributed by atoms with van der Waals surface area (Å²) in [5.41, 5.74) is 2.72. The number of rotatable bonds is 2. The SMILES string of the molecule is CC1Cc2sccc2CN1Cc1ccccc1Cl.Cl. The van der Waals surface area contributed by atoms with Crippen molar-refractivity contribution in [1.82, 2.24) is 4.90 Å². The van der Waals surface area contributed by atoms with E-state index in [0.717, 1.165) is 24.5 Å². The molecule has 1 unspecified atom stereocenters. The first kappa shape index (κ1) is 14.9. The van der Waals surface area contributed by atoms with Gasteiger partial charge in [0.1, 0.15) is 0 Å². The lowest BCUT2D eigenvalue weighted by Gasteiger charge is -2.33. The normalized spacial score (nSPS) is 18.7. The molecule has 0 spiro atoms. The second-order valence-corrected chi connectivity index (χ2v) is 6.33. The van der Waals surface area contributed by atoms with E-state index in [4.69, 9.17) is 11.6 Å². The van der Waals surface area contributed by atoms with Crippen molar-refractivity contribution in [2.45, 2.75) is 32.5 Å². The van der Waals surface area contributed by atoms with Gasteiger partial charge in [-0.15, -0.1) is 23.7 Å². The average Bonchev–Trinajstić information content (AvgIpc) is 2.79. The van der Waals surface area contributed by atoms with Gasteiger partial charge in [-0.25, -0.2) is 0 Å². The first-order valence-corrected chi connectivity index (χ1v) is 7.52. The molecule has 0 bridgehead atoms. The number of nitrogens with zero attached hydrogens (tertiary/aromatic N) is 1. The van der Waals surface area contributed by atoms with Crippen LogP contribution in [0.5, 0.6) is 0 Å². The molecule has 0 fully saturated rings. The fourth-order valence-corrected chi connectivity index (χ4v) is 3.73. The minimum absolute atomic E-state index is 0. The first-order valence-electron chi connectivity index (χ1n) is 6.27. The van der Waals surface area contributed by atoms with Crippen molar-refractivity contribution in [1.29, 1.82) is 0 Å². The van der Waals surface area contributed by atoms with Crippen LogP contribution in [0.1, 0.15) is 22.9 Å². The van der Waals surface area contributed by atoms with Gasteiger partial charge in [-0.2, -0.15) is 0 Å². The molecule has 0 saturated heterocycles. The topological polar surface area (TPSA) is 3.24 Å². The van der Waals surface area contributed by atoms with Crippen LogP contribution in [0.3, 0.4) is 0 Å².